The monoisotopic (exact) mass is 318 g/mol. The highest BCUT2D eigenvalue weighted by Crippen LogP contribution is 2.21. The van der Waals surface area contributed by atoms with Gasteiger partial charge < -0.3 is 15.4 Å². The molecule has 0 saturated heterocycles. The minimum absolute atomic E-state index is 0.193. The third kappa shape index (κ3) is 7.72. The normalized spacial score (nSPS) is 13.1. The summed E-state index contributed by atoms with van der Waals surface area (Å²) in [5.41, 5.74) is -0.459. The van der Waals surface area contributed by atoms with Crippen LogP contribution in [0.1, 0.15) is 32.6 Å². The second-order valence-corrected chi connectivity index (χ2v) is 7.49. The molecule has 4 nitrogen and oxygen atoms in total. The average Bonchev–Trinajstić information content (AvgIpc) is 2.70. The number of carbonyl (C=O) groups excluding carboxylic acids is 1. The van der Waals surface area contributed by atoms with E-state index in [9.17, 15) is 4.79 Å². The highest BCUT2D eigenvalue weighted by Gasteiger charge is 2.16. The predicted molar refractivity (Wildman–Crippen MR) is 84.7 cm³/mol. The maximum Gasteiger partial charge on any atom is 0.407 e. The number of ether oxygens (including phenoxy) is 1. The molecule has 0 aliphatic heterocycles. The number of halogens is 1. The first-order valence-electron chi connectivity index (χ1n) is 6.71. The third-order valence-corrected chi connectivity index (χ3v) is 3.74. The highest BCUT2D eigenvalue weighted by molar-refractivity contribution is 7.16. The van der Waals surface area contributed by atoms with Gasteiger partial charge in [-0.2, -0.15) is 0 Å². The minimum atomic E-state index is -0.459. The van der Waals surface area contributed by atoms with Crippen molar-refractivity contribution < 1.29 is 9.53 Å². The van der Waals surface area contributed by atoms with Crippen LogP contribution in [0, 0.1) is 0 Å². The number of thiophene rings is 1. The summed E-state index contributed by atoms with van der Waals surface area (Å²) in [5, 5.41) is 6.10. The summed E-state index contributed by atoms with van der Waals surface area (Å²) >= 11 is 7.48. The minimum Gasteiger partial charge on any atom is -0.444 e. The molecule has 114 valence electrons. The van der Waals surface area contributed by atoms with E-state index in [1.807, 2.05) is 39.8 Å². The first-order chi connectivity index (χ1) is 9.26. The Morgan fingerprint density at radius 3 is 2.70 bits per heavy atom. The largest absolute Gasteiger partial charge is 0.444 e. The molecular formula is C14H23ClN2O2S. The van der Waals surface area contributed by atoms with Crippen molar-refractivity contribution in [3.8, 4) is 0 Å². The molecule has 1 aromatic rings. The van der Waals surface area contributed by atoms with Crippen molar-refractivity contribution in [2.24, 2.45) is 0 Å². The number of hydrogen-bond acceptors (Lipinski definition) is 4. The van der Waals surface area contributed by atoms with Gasteiger partial charge in [0.1, 0.15) is 5.60 Å². The van der Waals surface area contributed by atoms with Gasteiger partial charge in [-0.25, -0.2) is 4.79 Å². The molecule has 0 fully saturated rings. The SMILES string of the molecule is CC(CNC(=O)OC(C)(C)C)NCCc1ccc(Cl)s1. The van der Waals surface area contributed by atoms with Crippen molar-refractivity contribution in [1.82, 2.24) is 10.6 Å². The molecule has 2 N–H and O–H groups in total. The van der Waals surface area contributed by atoms with Crippen LogP contribution in [0.15, 0.2) is 12.1 Å². The second-order valence-electron chi connectivity index (χ2n) is 5.69. The van der Waals surface area contributed by atoms with E-state index < -0.39 is 5.60 Å². The second kappa shape index (κ2) is 7.86. The number of amides is 1. The number of nitrogens with one attached hydrogen (secondary N) is 2. The molecule has 6 heteroatoms. The molecule has 1 aromatic heterocycles. The maximum absolute atomic E-state index is 11.5. The van der Waals surface area contributed by atoms with Gasteiger partial charge in [-0.1, -0.05) is 11.6 Å². The Balaban J connectivity index is 2.14. The van der Waals surface area contributed by atoms with Crippen molar-refractivity contribution in [1.29, 1.82) is 0 Å². The van der Waals surface area contributed by atoms with Crippen LogP contribution in [0.3, 0.4) is 0 Å². The molecule has 0 radical (unpaired) electrons. The van der Waals surface area contributed by atoms with Crippen molar-refractivity contribution in [3.63, 3.8) is 0 Å². The molecule has 20 heavy (non-hydrogen) atoms. The summed E-state index contributed by atoms with van der Waals surface area (Å²) in [5.74, 6) is 0. The Morgan fingerprint density at radius 1 is 1.45 bits per heavy atom. The Morgan fingerprint density at radius 2 is 2.15 bits per heavy atom. The fraction of sp³-hybridized carbons (Fsp3) is 0.643. The van der Waals surface area contributed by atoms with Crippen LogP contribution >= 0.6 is 22.9 Å². The summed E-state index contributed by atoms with van der Waals surface area (Å²) in [4.78, 5) is 12.7. The van der Waals surface area contributed by atoms with Gasteiger partial charge in [0.15, 0.2) is 0 Å². The molecule has 1 unspecified atom stereocenters. The van der Waals surface area contributed by atoms with E-state index in [2.05, 4.69) is 10.6 Å². The molecule has 0 saturated carbocycles. The zero-order chi connectivity index (χ0) is 15.2. The van der Waals surface area contributed by atoms with Crippen LogP contribution in [0.2, 0.25) is 4.34 Å². The van der Waals surface area contributed by atoms with Gasteiger partial charge in [0.25, 0.3) is 0 Å². The summed E-state index contributed by atoms with van der Waals surface area (Å²) in [6.45, 7) is 8.97. The topological polar surface area (TPSA) is 50.4 Å². The zero-order valence-corrected chi connectivity index (χ0v) is 14.0. The fourth-order valence-electron chi connectivity index (χ4n) is 1.55. The summed E-state index contributed by atoms with van der Waals surface area (Å²) in [6, 6.07) is 4.14. The lowest BCUT2D eigenvalue weighted by molar-refractivity contribution is 0.0523. The van der Waals surface area contributed by atoms with Gasteiger partial charge in [0.2, 0.25) is 0 Å². The van der Waals surface area contributed by atoms with E-state index in [1.54, 1.807) is 11.3 Å². The number of carbonyl (C=O) groups is 1. The van der Waals surface area contributed by atoms with Crippen LogP contribution < -0.4 is 10.6 Å². The Bertz CT molecular complexity index is 429. The van der Waals surface area contributed by atoms with Gasteiger partial charge in [-0.15, -0.1) is 11.3 Å². The molecule has 0 aliphatic rings. The van der Waals surface area contributed by atoms with Gasteiger partial charge in [0.05, 0.1) is 4.34 Å². The van der Waals surface area contributed by atoms with Crippen molar-refractivity contribution >= 4 is 29.0 Å². The predicted octanol–water partition coefficient (Wildman–Crippen LogP) is 3.45. The van der Waals surface area contributed by atoms with Crippen LogP contribution in [-0.2, 0) is 11.2 Å². The van der Waals surface area contributed by atoms with Gasteiger partial charge in [-0.05, 0) is 46.2 Å². The molecule has 1 amide bonds. The van der Waals surface area contributed by atoms with Crippen molar-refractivity contribution in [3.05, 3.63) is 21.3 Å². The molecule has 0 bridgehead atoms. The van der Waals surface area contributed by atoms with Crippen LogP contribution in [0.5, 0.6) is 0 Å². The van der Waals surface area contributed by atoms with Gasteiger partial charge >= 0.3 is 6.09 Å². The summed E-state index contributed by atoms with van der Waals surface area (Å²) in [6.07, 6.45) is 0.560. The summed E-state index contributed by atoms with van der Waals surface area (Å²) in [7, 11) is 0. The van der Waals surface area contributed by atoms with Gasteiger partial charge in [-0.3, -0.25) is 0 Å². The highest BCUT2D eigenvalue weighted by atomic mass is 35.5. The Kier molecular flexibility index (Phi) is 6.79. The molecule has 0 aliphatic carbocycles. The van der Waals surface area contributed by atoms with Crippen LogP contribution in [0.4, 0.5) is 4.79 Å². The lowest BCUT2D eigenvalue weighted by atomic mass is 10.2. The molecular weight excluding hydrogens is 296 g/mol. The maximum atomic E-state index is 11.5. The molecule has 1 heterocycles. The van der Waals surface area contributed by atoms with E-state index in [4.69, 9.17) is 16.3 Å². The quantitative estimate of drug-likeness (QED) is 0.844. The Hall–Kier alpha value is -0.780. The summed E-state index contributed by atoms with van der Waals surface area (Å²) < 4.78 is 5.99. The van der Waals surface area contributed by atoms with Crippen LogP contribution in [0.25, 0.3) is 0 Å². The van der Waals surface area contributed by atoms with Crippen molar-refractivity contribution in [2.75, 3.05) is 13.1 Å². The van der Waals surface area contributed by atoms with Gasteiger partial charge in [0, 0.05) is 24.0 Å². The van der Waals surface area contributed by atoms with E-state index in [-0.39, 0.29) is 12.1 Å². The fourth-order valence-corrected chi connectivity index (χ4v) is 2.64. The Labute approximate surface area is 129 Å². The lowest BCUT2D eigenvalue weighted by Gasteiger charge is -2.21. The average molecular weight is 319 g/mol. The third-order valence-electron chi connectivity index (χ3n) is 2.44. The van der Waals surface area contributed by atoms with E-state index in [1.165, 1.54) is 4.88 Å². The molecule has 1 rings (SSSR count). The molecule has 0 spiro atoms. The number of alkyl carbamates (subject to hydrolysis) is 1. The lowest BCUT2D eigenvalue weighted by Crippen LogP contribution is -2.41. The zero-order valence-electron chi connectivity index (χ0n) is 12.5. The number of rotatable bonds is 6. The van der Waals surface area contributed by atoms with E-state index in [0.717, 1.165) is 17.3 Å². The standard InChI is InChI=1S/C14H23ClN2O2S/c1-10(9-17-13(18)19-14(2,3)4)16-8-7-11-5-6-12(15)20-11/h5-6,10,16H,7-9H2,1-4H3,(H,17,18). The van der Waals surface area contributed by atoms with E-state index >= 15 is 0 Å². The first kappa shape index (κ1) is 17.3. The van der Waals surface area contributed by atoms with E-state index in [0.29, 0.717) is 6.54 Å². The molecule has 0 aromatic carbocycles. The number of hydrogen-bond donors (Lipinski definition) is 2. The van der Waals surface area contributed by atoms with Crippen LogP contribution in [-0.4, -0.2) is 30.8 Å². The van der Waals surface area contributed by atoms with Crippen molar-refractivity contribution in [2.45, 2.75) is 45.8 Å². The smallest absolute Gasteiger partial charge is 0.407 e. The molecule has 1 atom stereocenters. The first-order valence-corrected chi connectivity index (χ1v) is 7.90.